The molecule has 0 spiro atoms. The Morgan fingerprint density at radius 1 is 1.50 bits per heavy atom. The van der Waals surface area contributed by atoms with Crippen molar-refractivity contribution < 1.29 is 0 Å². The van der Waals surface area contributed by atoms with Gasteiger partial charge in [-0.1, -0.05) is 11.3 Å². The summed E-state index contributed by atoms with van der Waals surface area (Å²) in [4.78, 5) is 14.5. The van der Waals surface area contributed by atoms with Crippen LogP contribution in [0.4, 0.5) is 5.13 Å². The first-order valence-electron chi connectivity index (χ1n) is 3.95. The number of pyridine rings is 1. The van der Waals surface area contributed by atoms with Crippen LogP contribution in [0.5, 0.6) is 0 Å². The van der Waals surface area contributed by atoms with E-state index in [0.29, 0.717) is 15.7 Å². The second-order valence-corrected chi connectivity index (χ2v) is 3.85. The number of nitrogens with one attached hydrogen (secondary N) is 1. The zero-order valence-corrected chi connectivity index (χ0v) is 8.26. The number of nitrogens with two attached hydrogens (primary N) is 1. The lowest BCUT2D eigenvalue weighted by Crippen LogP contribution is -2.04. The van der Waals surface area contributed by atoms with E-state index < -0.39 is 0 Å². The SMILES string of the molecule is Cc1cc(=O)c(-c2nnc(N)s2)c[nH]1. The number of nitrogen functional groups attached to an aromatic ring is 1. The van der Waals surface area contributed by atoms with E-state index in [1.165, 1.54) is 17.4 Å². The van der Waals surface area contributed by atoms with E-state index in [2.05, 4.69) is 15.2 Å². The van der Waals surface area contributed by atoms with Crippen molar-refractivity contribution in [3.63, 3.8) is 0 Å². The molecule has 72 valence electrons. The van der Waals surface area contributed by atoms with Gasteiger partial charge in [0.05, 0.1) is 5.56 Å². The van der Waals surface area contributed by atoms with Crippen molar-refractivity contribution >= 4 is 16.5 Å². The molecule has 0 atom stereocenters. The van der Waals surface area contributed by atoms with Gasteiger partial charge in [-0.2, -0.15) is 0 Å². The minimum atomic E-state index is -0.0719. The minimum Gasteiger partial charge on any atom is -0.374 e. The summed E-state index contributed by atoms with van der Waals surface area (Å²) in [6.07, 6.45) is 1.62. The van der Waals surface area contributed by atoms with Gasteiger partial charge >= 0.3 is 0 Å². The molecule has 0 aliphatic rings. The molecule has 5 nitrogen and oxygen atoms in total. The molecule has 14 heavy (non-hydrogen) atoms. The first-order valence-corrected chi connectivity index (χ1v) is 4.77. The number of hydrogen-bond acceptors (Lipinski definition) is 5. The van der Waals surface area contributed by atoms with Crippen LogP contribution in [0, 0.1) is 6.92 Å². The minimum absolute atomic E-state index is 0.0719. The molecule has 0 aliphatic heterocycles. The van der Waals surface area contributed by atoms with Gasteiger partial charge in [0, 0.05) is 18.0 Å². The van der Waals surface area contributed by atoms with Crippen molar-refractivity contribution in [1.29, 1.82) is 0 Å². The number of aryl methyl sites for hydroxylation is 1. The fourth-order valence-corrected chi connectivity index (χ4v) is 1.71. The largest absolute Gasteiger partial charge is 0.374 e. The van der Waals surface area contributed by atoms with Crippen LogP contribution in [0.1, 0.15) is 5.69 Å². The average Bonchev–Trinajstić information content (AvgIpc) is 2.51. The first kappa shape index (κ1) is 8.89. The Bertz CT molecular complexity index is 516. The van der Waals surface area contributed by atoms with Gasteiger partial charge in [0.25, 0.3) is 0 Å². The van der Waals surface area contributed by atoms with Gasteiger partial charge < -0.3 is 10.7 Å². The summed E-state index contributed by atoms with van der Waals surface area (Å²) in [7, 11) is 0. The van der Waals surface area contributed by atoms with Crippen LogP contribution in [-0.2, 0) is 0 Å². The Hall–Kier alpha value is -1.69. The highest BCUT2D eigenvalue weighted by Crippen LogP contribution is 2.20. The van der Waals surface area contributed by atoms with E-state index in [1.807, 2.05) is 6.92 Å². The van der Waals surface area contributed by atoms with Gasteiger partial charge in [-0.25, -0.2) is 0 Å². The van der Waals surface area contributed by atoms with Crippen molar-refractivity contribution in [3.05, 3.63) is 28.2 Å². The fourth-order valence-electron chi connectivity index (χ4n) is 1.08. The summed E-state index contributed by atoms with van der Waals surface area (Å²) < 4.78 is 0. The highest BCUT2D eigenvalue weighted by Gasteiger charge is 2.08. The molecule has 0 bridgehead atoms. The van der Waals surface area contributed by atoms with E-state index >= 15 is 0 Å². The molecule has 6 heteroatoms. The molecule has 0 radical (unpaired) electrons. The zero-order chi connectivity index (χ0) is 10.1. The fraction of sp³-hybridized carbons (Fsp3) is 0.125. The summed E-state index contributed by atoms with van der Waals surface area (Å²) in [5.74, 6) is 0. The Morgan fingerprint density at radius 3 is 2.86 bits per heavy atom. The molecule has 2 heterocycles. The van der Waals surface area contributed by atoms with Gasteiger partial charge in [0.2, 0.25) is 5.13 Å². The number of hydrogen-bond donors (Lipinski definition) is 2. The maximum atomic E-state index is 11.5. The van der Waals surface area contributed by atoms with Gasteiger partial charge in [0.1, 0.15) is 0 Å². The molecule has 2 aromatic heterocycles. The van der Waals surface area contributed by atoms with Crippen molar-refractivity contribution in [2.75, 3.05) is 5.73 Å². The molecular weight excluding hydrogens is 200 g/mol. The Kier molecular flexibility index (Phi) is 2.05. The van der Waals surface area contributed by atoms with Crippen LogP contribution in [0.15, 0.2) is 17.1 Å². The maximum Gasteiger partial charge on any atom is 0.203 e. The number of aromatic nitrogens is 3. The molecule has 0 aliphatic carbocycles. The number of rotatable bonds is 1. The van der Waals surface area contributed by atoms with Gasteiger partial charge in [-0.05, 0) is 6.92 Å². The monoisotopic (exact) mass is 208 g/mol. The summed E-state index contributed by atoms with van der Waals surface area (Å²) in [5.41, 5.74) is 6.68. The molecule has 0 saturated carbocycles. The van der Waals surface area contributed by atoms with E-state index in [9.17, 15) is 4.79 Å². The van der Waals surface area contributed by atoms with E-state index in [0.717, 1.165) is 5.69 Å². The number of nitrogens with zero attached hydrogens (tertiary/aromatic N) is 2. The van der Waals surface area contributed by atoms with Crippen LogP contribution in [0.2, 0.25) is 0 Å². The normalized spacial score (nSPS) is 10.4. The van der Waals surface area contributed by atoms with Crippen LogP contribution >= 0.6 is 11.3 Å². The van der Waals surface area contributed by atoms with Crippen molar-refractivity contribution in [2.24, 2.45) is 0 Å². The van der Waals surface area contributed by atoms with Crippen molar-refractivity contribution in [3.8, 4) is 10.6 Å². The lowest BCUT2D eigenvalue weighted by Gasteiger charge is -1.95. The van der Waals surface area contributed by atoms with Crippen molar-refractivity contribution in [1.82, 2.24) is 15.2 Å². The van der Waals surface area contributed by atoms with Crippen LogP contribution < -0.4 is 11.2 Å². The smallest absolute Gasteiger partial charge is 0.203 e. The Labute approximate surface area is 83.6 Å². The highest BCUT2D eigenvalue weighted by molar-refractivity contribution is 7.18. The van der Waals surface area contributed by atoms with Gasteiger partial charge in [-0.3, -0.25) is 4.79 Å². The van der Waals surface area contributed by atoms with E-state index in [1.54, 1.807) is 6.20 Å². The van der Waals surface area contributed by atoms with Gasteiger partial charge in [-0.15, -0.1) is 10.2 Å². The van der Waals surface area contributed by atoms with E-state index in [-0.39, 0.29) is 5.43 Å². The number of anilines is 1. The Morgan fingerprint density at radius 2 is 2.29 bits per heavy atom. The van der Waals surface area contributed by atoms with Crippen LogP contribution in [-0.4, -0.2) is 15.2 Å². The first-order chi connectivity index (χ1) is 6.66. The quantitative estimate of drug-likeness (QED) is 0.725. The third-order valence-corrected chi connectivity index (χ3v) is 2.51. The standard InChI is InChI=1S/C8H8N4OS/c1-4-2-6(13)5(3-10-4)7-11-12-8(9)14-7/h2-3H,1H3,(H2,9,12)(H,10,13). The average molecular weight is 208 g/mol. The summed E-state index contributed by atoms with van der Waals surface area (Å²) >= 11 is 1.20. The summed E-state index contributed by atoms with van der Waals surface area (Å²) in [5, 5.41) is 8.36. The third-order valence-electron chi connectivity index (χ3n) is 1.73. The second-order valence-electron chi connectivity index (χ2n) is 2.84. The number of aromatic amines is 1. The predicted molar refractivity (Wildman–Crippen MR) is 55.1 cm³/mol. The van der Waals surface area contributed by atoms with Gasteiger partial charge in [0.15, 0.2) is 10.4 Å². The number of H-pyrrole nitrogens is 1. The zero-order valence-electron chi connectivity index (χ0n) is 7.44. The molecule has 0 unspecified atom stereocenters. The third kappa shape index (κ3) is 1.51. The Balaban J connectivity index is 2.57. The topological polar surface area (TPSA) is 84.7 Å². The van der Waals surface area contributed by atoms with Crippen LogP contribution in [0.25, 0.3) is 10.6 Å². The van der Waals surface area contributed by atoms with E-state index in [4.69, 9.17) is 5.73 Å². The lowest BCUT2D eigenvalue weighted by atomic mass is 10.2. The highest BCUT2D eigenvalue weighted by atomic mass is 32.1. The molecule has 2 rings (SSSR count). The van der Waals surface area contributed by atoms with Crippen LogP contribution in [0.3, 0.4) is 0 Å². The predicted octanol–water partition coefficient (Wildman–Crippen LogP) is 0.784. The molecule has 0 amide bonds. The molecule has 0 fully saturated rings. The second kappa shape index (κ2) is 3.22. The molecule has 3 N–H and O–H groups in total. The summed E-state index contributed by atoms with van der Waals surface area (Å²) in [6, 6.07) is 1.52. The molecule has 2 aromatic rings. The summed E-state index contributed by atoms with van der Waals surface area (Å²) in [6.45, 7) is 1.82. The maximum absolute atomic E-state index is 11.5. The lowest BCUT2D eigenvalue weighted by molar-refractivity contribution is 1.09. The molecular formula is C8H8N4OS. The molecule has 0 aromatic carbocycles. The van der Waals surface area contributed by atoms with Crippen molar-refractivity contribution in [2.45, 2.75) is 6.92 Å². The molecule has 0 saturated heterocycles.